The van der Waals surface area contributed by atoms with Crippen LogP contribution in [0.3, 0.4) is 0 Å². The predicted octanol–water partition coefficient (Wildman–Crippen LogP) is 30.8. The standard InChI is InChI=1S/C94H150O5/c1-5-9-13-17-21-25-29-33-37-41-45-49-53-69-81-91(89-77-65-59-66-78-89)97-93(95-85-87-73-61-57-62-74-87,83-71-55-51-47-43-39-35-31-27-23-19-15-11-7-3)99-94(96-86-88-75-63-58-64-76-88,84-72-56-52-48-44-40-36-32-28-24-20-16-12-8-4)98-92(90-79-67-60-68-80-90)82-70-54-50-46-42-38-34-30-26-22-18-14-10-6-2/h57-84,91-92H,5-56,85-86H2,1-4H3. The van der Waals surface area contributed by atoms with Crippen LogP contribution < -0.4 is 0 Å². The van der Waals surface area contributed by atoms with Crippen molar-refractivity contribution in [3.8, 4) is 0 Å². The van der Waals surface area contributed by atoms with Crippen molar-refractivity contribution in [2.75, 3.05) is 0 Å². The Morgan fingerprint density at radius 2 is 0.465 bits per heavy atom. The first kappa shape index (κ1) is 87.0. The van der Waals surface area contributed by atoms with Crippen molar-refractivity contribution >= 4 is 0 Å². The third kappa shape index (κ3) is 46.8. The fraction of sp³-hybridized carbons (Fsp3) is 0.660. The van der Waals surface area contributed by atoms with Gasteiger partial charge >= 0.3 is 11.9 Å². The van der Waals surface area contributed by atoms with Crippen LogP contribution in [0.1, 0.15) is 396 Å². The molecule has 0 aromatic heterocycles. The molecule has 0 aliphatic rings. The number of rotatable bonds is 70. The molecule has 0 fully saturated rings. The van der Waals surface area contributed by atoms with E-state index in [1.54, 1.807) is 0 Å². The van der Waals surface area contributed by atoms with E-state index < -0.39 is 24.2 Å². The van der Waals surface area contributed by atoms with Crippen molar-refractivity contribution in [1.82, 2.24) is 0 Å². The lowest BCUT2D eigenvalue weighted by Crippen LogP contribution is -2.50. The van der Waals surface area contributed by atoms with Gasteiger partial charge in [0.05, 0.1) is 13.2 Å². The maximum Gasteiger partial charge on any atom is 0.310 e. The van der Waals surface area contributed by atoms with Gasteiger partial charge in [0.15, 0.2) is 0 Å². The molecule has 4 unspecified atom stereocenters. The highest BCUT2D eigenvalue weighted by Gasteiger charge is 2.47. The summed E-state index contributed by atoms with van der Waals surface area (Å²) in [5, 5.41) is 0. The lowest BCUT2D eigenvalue weighted by Gasteiger charge is -2.42. The van der Waals surface area contributed by atoms with Crippen molar-refractivity contribution in [3.63, 3.8) is 0 Å². The molecule has 5 heteroatoms. The zero-order valence-corrected chi connectivity index (χ0v) is 64.5. The van der Waals surface area contributed by atoms with E-state index in [9.17, 15) is 0 Å². The van der Waals surface area contributed by atoms with Gasteiger partial charge in [-0.1, -0.05) is 468 Å². The van der Waals surface area contributed by atoms with Gasteiger partial charge in [0.25, 0.3) is 0 Å². The number of benzene rings is 4. The van der Waals surface area contributed by atoms with Crippen LogP contribution in [0.15, 0.2) is 170 Å². The summed E-state index contributed by atoms with van der Waals surface area (Å²) in [6, 6.07) is 42.3. The first-order valence-corrected chi connectivity index (χ1v) is 42.2. The quantitative estimate of drug-likeness (QED) is 0.0250. The van der Waals surface area contributed by atoms with E-state index in [2.05, 4.69) is 198 Å². The first-order chi connectivity index (χ1) is 49.0. The molecule has 0 saturated heterocycles. The van der Waals surface area contributed by atoms with Gasteiger partial charge in [-0.25, -0.2) is 0 Å². The van der Waals surface area contributed by atoms with Crippen molar-refractivity contribution < 1.29 is 23.7 Å². The molecule has 0 N–H and O–H groups in total. The number of hydrogen-bond donors (Lipinski definition) is 0. The van der Waals surface area contributed by atoms with Gasteiger partial charge in [-0.2, -0.15) is 0 Å². The van der Waals surface area contributed by atoms with Crippen molar-refractivity contribution in [2.24, 2.45) is 0 Å². The minimum Gasteiger partial charge on any atom is -0.319 e. The number of ether oxygens (including phenoxy) is 5. The van der Waals surface area contributed by atoms with E-state index >= 15 is 0 Å². The van der Waals surface area contributed by atoms with Crippen molar-refractivity contribution in [3.05, 3.63) is 192 Å². The highest BCUT2D eigenvalue weighted by atomic mass is 17.0. The lowest BCUT2D eigenvalue weighted by molar-refractivity contribution is -0.484. The maximum atomic E-state index is 7.92. The molecule has 0 aliphatic heterocycles. The summed E-state index contributed by atoms with van der Waals surface area (Å²) in [6.07, 6.45) is 83.6. The van der Waals surface area contributed by atoms with Gasteiger partial charge in [-0.05, 0) is 73.6 Å². The van der Waals surface area contributed by atoms with E-state index in [1.807, 2.05) is 0 Å². The summed E-state index contributed by atoms with van der Waals surface area (Å²) in [5.41, 5.74) is 4.08. The topological polar surface area (TPSA) is 46.2 Å². The van der Waals surface area contributed by atoms with Gasteiger partial charge in [0.1, 0.15) is 12.2 Å². The average Bonchev–Trinajstić information content (AvgIpc) is 0.789. The summed E-state index contributed by atoms with van der Waals surface area (Å²) >= 11 is 0. The smallest absolute Gasteiger partial charge is 0.310 e. The van der Waals surface area contributed by atoms with E-state index in [4.69, 9.17) is 23.7 Å². The van der Waals surface area contributed by atoms with Gasteiger partial charge in [-0.15, -0.1) is 0 Å². The van der Waals surface area contributed by atoms with E-state index in [0.29, 0.717) is 0 Å². The number of allylic oxidation sites excluding steroid dienone is 4. The summed E-state index contributed by atoms with van der Waals surface area (Å²) in [4.78, 5) is 0. The fourth-order valence-electron chi connectivity index (χ4n) is 13.5. The minimum absolute atomic E-state index is 0.228. The van der Waals surface area contributed by atoms with Crippen LogP contribution in [0.25, 0.3) is 0 Å². The zero-order chi connectivity index (χ0) is 70.0. The monoisotopic (exact) mass is 1360 g/mol. The molecular formula is C94H150O5. The molecule has 0 saturated carbocycles. The van der Waals surface area contributed by atoms with Crippen molar-refractivity contribution in [2.45, 2.75) is 399 Å². The molecule has 0 bridgehead atoms. The Labute approximate surface area is 611 Å². The Hall–Kier alpha value is -4.36. The number of unbranched alkanes of at least 4 members (excludes halogenated alkanes) is 48. The van der Waals surface area contributed by atoms with E-state index in [1.165, 1.54) is 283 Å². The molecule has 0 heterocycles. The third-order valence-corrected chi connectivity index (χ3v) is 19.9. The molecule has 556 valence electrons. The molecule has 4 aromatic carbocycles. The van der Waals surface area contributed by atoms with Gasteiger partial charge in [0.2, 0.25) is 0 Å². The van der Waals surface area contributed by atoms with Crippen LogP contribution >= 0.6 is 0 Å². The fourth-order valence-corrected chi connectivity index (χ4v) is 13.5. The summed E-state index contributed by atoms with van der Waals surface area (Å²) in [6.45, 7) is 9.68. The molecule has 0 radical (unpaired) electrons. The van der Waals surface area contributed by atoms with Crippen LogP contribution in [0.5, 0.6) is 0 Å². The number of hydrogen-bond acceptors (Lipinski definition) is 5. The second kappa shape index (κ2) is 63.3. The van der Waals surface area contributed by atoms with Gasteiger partial charge in [0, 0.05) is 12.2 Å². The Morgan fingerprint density at radius 3 is 0.707 bits per heavy atom. The van der Waals surface area contributed by atoms with Gasteiger partial charge < -0.3 is 18.9 Å². The summed E-state index contributed by atoms with van der Waals surface area (Å²) < 4.78 is 38.3. The minimum atomic E-state index is -1.81. The van der Waals surface area contributed by atoms with Crippen LogP contribution in [-0.2, 0) is 36.9 Å². The highest BCUT2D eigenvalue weighted by molar-refractivity contribution is 5.24. The zero-order valence-electron chi connectivity index (χ0n) is 64.5. The maximum absolute atomic E-state index is 7.92. The Morgan fingerprint density at radius 1 is 0.253 bits per heavy atom. The molecule has 4 rings (SSSR count). The Bertz CT molecular complexity index is 2280. The molecule has 0 spiro atoms. The molecule has 5 nitrogen and oxygen atoms in total. The van der Waals surface area contributed by atoms with Crippen LogP contribution in [-0.4, -0.2) is 11.9 Å². The Balaban J connectivity index is 1.77. The van der Waals surface area contributed by atoms with Crippen LogP contribution in [0, 0.1) is 0 Å². The second-order valence-electron chi connectivity index (χ2n) is 29.1. The summed E-state index contributed by atoms with van der Waals surface area (Å²) in [7, 11) is 0. The Kier molecular flexibility index (Phi) is 55.7. The van der Waals surface area contributed by atoms with Crippen molar-refractivity contribution in [1.29, 1.82) is 0 Å². The van der Waals surface area contributed by atoms with Crippen LogP contribution in [0.4, 0.5) is 0 Å². The SMILES string of the molecule is CCCCCCCCCCCCCCC=CC(OC(C=CCCCCCCCCCCCCCC)(OCc1ccccc1)OC(C=CCCCCCCCCCCCCCC)(OCc1ccccc1)OC(C=CCCCCCCCCCCCCCC)c1ccccc1)c1ccccc1. The molecule has 99 heavy (non-hydrogen) atoms. The molecule has 4 atom stereocenters. The molecule has 0 amide bonds. The molecular weight excluding hydrogens is 1210 g/mol. The van der Waals surface area contributed by atoms with Gasteiger partial charge in [-0.3, -0.25) is 4.74 Å². The third-order valence-electron chi connectivity index (χ3n) is 19.9. The molecule has 4 aromatic rings. The average molecular weight is 1360 g/mol. The first-order valence-electron chi connectivity index (χ1n) is 42.2. The van der Waals surface area contributed by atoms with E-state index in [0.717, 1.165) is 73.6 Å². The van der Waals surface area contributed by atoms with E-state index in [-0.39, 0.29) is 13.2 Å². The normalized spacial score (nSPS) is 13.9. The van der Waals surface area contributed by atoms with Crippen LogP contribution in [0.2, 0.25) is 0 Å². The lowest BCUT2D eigenvalue weighted by atomic mass is 10.0. The summed E-state index contributed by atoms with van der Waals surface area (Å²) in [5.74, 6) is -3.63. The largest absolute Gasteiger partial charge is 0.319 e. The highest BCUT2D eigenvalue weighted by Crippen LogP contribution is 2.40. The predicted molar refractivity (Wildman–Crippen MR) is 429 cm³/mol. The molecule has 0 aliphatic carbocycles. The second-order valence-corrected chi connectivity index (χ2v) is 29.1.